The van der Waals surface area contributed by atoms with Gasteiger partial charge >= 0.3 is 6.09 Å². The molecule has 1 aromatic rings. The van der Waals surface area contributed by atoms with Crippen LogP contribution in [-0.2, 0) is 4.74 Å². The summed E-state index contributed by atoms with van der Waals surface area (Å²) in [4.78, 5) is 13.9. The van der Waals surface area contributed by atoms with E-state index < -0.39 is 5.60 Å². The average Bonchev–Trinajstić information content (AvgIpc) is 2.47. The van der Waals surface area contributed by atoms with Crippen molar-refractivity contribution in [3.63, 3.8) is 0 Å². The first-order valence-corrected chi connectivity index (χ1v) is 8.10. The van der Waals surface area contributed by atoms with E-state index in [4.69, 9.17) is 27.9 Å². The lowest BCUT2D eigenvalue weighted by Crippen LogP contribution is -2.45. The molecule has 2 rings (SSSR count). The van der Waals surface area contributed by atoms with Gasteiger partial charge in [-0.15, -0.1) is 0 Å². The van der Waals surface area contributed by atoms with Gasteiger partial charge in [0.1, 0.15) is 5.60 Å². The Bertz CT molecular complexity index is 626. The quantitative estimate of drug-likeness (QED) is 0.591. The minimum absolute atomic E-state index is 0.240. The summed E-state index contributed by atoms with van der Waals surface area (Å²) in [6.45, 7) is 6.29. The minimum Gasteiger partial charge on any atom is -0.444 e. The number of nitrogens with zero attached hydrogens (tertiary/aromatic N) is 2. The number of ether oxygens (including phenoxy) is 1. The van der Waals surface area contributed by atoms with E-state index in [-0.39, 0.29) is 12.0 Å². The number of carbonyl (C=O) groups excluding carboxylic acids is 1. The predicted octanol–water partition coefficient (Wildman–Crippen LogP) is 4.55. The number of halogens is 2. The van der Waals surface area contributed by atoms with E-state index >= 15 is 0 Å². The number of rotatable bonds is 1. The summed E-state index contributed by atoms with van der Waals surface area (Å²) in [5.74, 6) is -0.240. The highest BCUT2D eigenvalue weighted by atomic mass is 35.5. The van der Waals surface area contributed by atoms with Gasteiger partial charge in [0, 0.05) is 25.4 Å². The Morgan fingerprint density at radius 1 is 1.35 bits per heavy atom. The van der Waals surface area contributed by atoms with Gasteiger partial charge in [-0.25, -0.2) is 4.79 Å². The topological polar surface area (TPSA) is 62.1 Å². The van der Waals surface area contributed by atoms with Crippen LogP contribution in [0.25, 0.3) is 0 Å². The molecule has 0 saturated carbocycles. The number of piperidine rings is 1. The van der Waals surface area contributed by atoms with Crippen molar-refractivity contribution in [2.75, 3.05) is 13.1 Å². The third-order valence-electron chi connectivity index (χ3n) is 3.57. The maximum atomic E-state index is 12.3. The van der Waals surface area contributed by atoms with E-state index in [1.165, 1.54) is 0 Å². The fraction of sp³-hybridized carbons (Fsp3) is 0.500. The summed E-state index contributed by atoms with van der Waals surface area (Å²) in [6.07, 6.45) is 0.0975. The maximum absolute atomic E-state index is 12.3. The van der Waals surface area contributed by atoms with E-state index in [1.54, 1.807) is 17.0 Å². The zero-order valence-electron chi connectivity index (χ0n) is 13.3. The first-order chi connectivity index (χ1) is 10.7. The van der Waals surface area contributed by atoms with Crippen molar-refractivity contribution in [3.8, 4) is 0 Å². The molecule has 1 amide bonds. The summed E-state index contributed by atoms with van der Waals surface area (Å²) in [6, 6.07) is 5.25. The van der Waals surface area contributed by atoms with E-state index in [1.807, 2.05) is 26.8 Å². The van der Waals surface area contributed by atoms with Crippen LogP contribution in [0.15, 0.2) is 23.4 Å². The molecule has 1 fully saturated rings. The average molecular weight is 359 g/mol. The number of likely N-dealkylation sites (tertiary alicyclic amines) is 1. The number of oxime groups is 1. The molecule has 0 aliphatic carbocycles. The Kier molecular flexibility index (Phi) is 5.42. The molecule has 1 saturated heterocycles. The lowest BCUT2D eigenvalue weighted by Gasteiger charge is -2.34. The fourth-order valence-corrected chi connectivity index (χ4v) is 2.79. The lowest BCUT2D eigenvalue weighted by molar-refractivity contribution is 0.0238. The normalized spacial score (nSPS) is 20.7. The molecule has 0 spiro atoms. The summed E-state index contributed by atoms with van der Waals surface area (Å²) in [5, 5.41) is 13.5. The summed E-state index contributed by atoms with van der Waals surface area (Å²) in [7, 11) is 0. The lowest BCUT2D eigenvalue weighted by atomic mass is 9.89. The SMILES string of the molecule is CC(C)(C)OC(=O)N1CCC(=NO)C(c2ccc(Cl)c(Cl)c2)C1. The van der Waals surface area contributed by atoms with E-state index in [0.717, 1.165) is 5.56 Å². The number of benzene rings is 1. The van der Waals surface area contributed by atoms with Gasteiger partial charge in [0.2, 0.25) is 0 Å². The van der Waals surface area contributed by atoms with Crippen LogP contribution in [0.5, 0.6) is 0 Å². The van der Waals surface area contributed by atoms with Crippen LogP contribution in [0.4, 0.5) is 4.79 Å². The molecule has 23 heavy (non-hydrogen) atoms. The van der Waals surface area contributed by atoms with Gasteiger partial charge in [0.05, 0.1) is 15.8 Å². The number of hydrogen-bond acceptors (Lipinski definition) is 4. The second kappa shape index (κ2) is 6.97. The van der Waals surface area contributed by atoms with Gasteiger partial charge in [-0.2, -0.15) is 0 Å². The Labute approximate surface area is 145 Å². The zero-order chi connectivity index (χ0) is 17.2. The fourth-order valence-electron chi connectivity index (χ4n) is 2.48. The largest absolute Gasteiger partial charge is 0.444 e. The van der Waals surface area contributed by atoms with Crippen LogP contribution >= 0.6 is 23.2 Å². The smallest absolute Gasteiger partial charge is 0.410 e. The Hall–Kier alpha value is -1.46. The van der Waals surface area contributed by atoms with Crippen molar-refractivity contribution < 1.29 is 14.7 Å². The number of carbonyl (C=O) groups is 1. The van der Waals surface area contributed by atoms with E-state index in [9.17, 15) is 10.0 Å². The van der Waals surface area contributed by atoms with Crippen molar-refractivity contribution in [2.45, 2.75) is 38.7 Å². The second-order valence-corrected chi connectivity index (χ2v) is 7.31. The van der Waals surface area contributed by atoms with Gasteiger partial charge in [0.15, 0.2) is 0 Å². The molecule has 1 unspecified atom stereocenters. The molecule has 0 radical (unpaired) electrons. The summed E-state index contributed by atoms with van der Waals surface area (Å²) >= 11 is 12.0. The first kappa shape index (κ1) is 17.9. The molecule has 1 N–H and O–H groups in total. The van der Waals surface area contributed by atoms with Gasteiger partial charge in [-0.3, -0.25) is 0 Å². The minimum atomic E-state index is -0.554. The van der Waals surface area contributed by atoms with Crippen molar-refractivity contribution in [3.05, 3.63) is 33.8 Å². The molecular weight excluding hydrogens is 339 g/mol. The van der Waals surface area contributed by atoms with Crippen LogP contribution in [0.1, 0.15) is 38.7 Å². The van der Waals surface area contributed by atoms with Crippen molar-refractivity contribution in [1.82, 2.24) is 4.90 Å². The van der Waals surface area contributed by atoms with Crippen molar-refractivity contribution >= 4 is 35.0 Å². The highest BCUT2D eigenvalue weighted by molar-refractivity contribution is 6.42. The Morgan fingerprint density at radius 3 is 2.61 bits per heavy atom. The van der Waals surface area contributed by atoms with Crippen LogP contribution in [-0.4, -0.2) is 40.6 Å². The molecule has 1 heterocycles. The third-order valence-corrected chi connectivity index (χ3v) is 4.31. The Morgan fingerprint density at radius 2 is 2.04 bits per heavy atom. The van der Waals surface area contributed by atoms with Gasteiger partial charge < -0.3 is 14.8 Å². The third kappa shape index (κ3) is 4.52. The molecule has 0 bridgehead atoms. The van der Waals surface area contributed by atoms with Crippen molar-refractivity contribution in [2.24, 2.45) is 5.16 Å². The predicted molar refractivity (Wildman–Crippen MR) is 90.8 cm³/mol. The second-order valence-electron chi connectivity index (χ2n) is 6.49. The van der Waals surface area contributed by atoms with Crippen LogP contribution < -0.4 is 0 Å². The van der Waals surface area contributed by atoms with Gasteiger partial charge in [-0.1, -0.05) is 34.4 Å². The molecule has 1 atom stereocenters. The van der Waals surface area contributed by atoms with E-state index in [2.05, 4.69) is 5.16 Å². The highest BCUT2D eigenvalue weighted by Gasteiger charge is 2.32. The van der Waals surface area contributed by atoms with Crippen LogP contribution in [0.2, 0.25) is 10.0 Å². The van der Waals surface area contributed by atoms with Gasteiger partial charge in [0.25, 0.3) is 0 Å². The number of amides is 1. The monoisotopic (exact) mass is 358 g/mol. The molecule has 1 aliphatic heterocycles. The highest BCUT2D eigenvalue weighted by Crippen LogP contribution is 2.31. The molecular formula is C16H20Cl2N2O3. The number of hydrogen-bond donors (Lipinski definition) is 1. The molecule has 1 aliphatic rings. The molecule has 0 aromatic heterocycles. The van der Waals surface area contributed by atoms with Crippen LogP contribution in [0, 0.1) is 0 Å². The maximum Gasteiger partial charge on any atom is 0.410 e. The first-order valence-electron chi connectivity index (χ1n) is 7.35. The molecule has 7 heteroatoms. The van der Waals surface area contributed by atoms with Gasteiger partial charge in [-0.05, 0) is 38.5 Å². The molecule has 5 nitrogen and oxygen atoms in total. The summed E-state index contributed by atoms with van der Waals surface area (Å²) in [5.41, 5.74) is 0.908. The molecule has 1 aromatic carbocycles. The summed E-state index contributed by atoms with van der Waals surface area (Å²) < 4.78 is 5.41. The van der Waals surface area contributed by atoms with Crippen LogP contribution in [0.3, 0.4) is 0 Å². The zero-order valence-corrected chi connectivity index (χ0v) is 14.9. The van der Waals surface area contributed by atoms with E-state index in [0.29, 0.717) is 35.3 Å². The van der Waals surface area contributed by atoms with Crippen molar-refractivity contribution in [1.29, 1.82) is 0 Å². The Balaban J connectivity index is 2.22. The molecule has 126 valence electrons. The standard InChI is InChI=1S/C16H20Cl2N2O3/c1-16(2,3)23-15(21)20-7-6-14(19-22)11(9-20)10-4-5-12(17)13(18)8-10/h4-5,8,11,22H,6-7,9H2,1-3H3.